The average molecular weight is 345 g/mol. The lowest BCUT2D eigenvalue weighted by molar-refractivity contribution is 0.476. The number of fused-ring (bicyclic) bond motifs is 1. The van der Waals surface area contributed by atoms with E-state index in [1.165, 1.54) is 11.1 Å². The van der Waals surface area contributed by atoms with Crippen LogP contribution in [0.4, 0.5) is 0 Å². The molecular weight excluding hydrogens is 328 g/mol. The summed E-state index contributed by atoms with van der Waals surface area (Å²) in [5.74, 6) is 6.57. The summed E-state index contributed by atoms with van der Waals surface area (Å²) in [7, 11) is 0. The van der Waals surface area contributed by atoms with Gasteiger partial charge < -0.3 is 4.42 Å². The maximum Gasteiger partial charge on any atom is 0.134 e. The van der Waals surface area contributed by atoms with E-state index < -0.39 is 0 Å². The molecule has 0 bridgehead atoms. The molecule has 2 aromatic carbocycles. The van der Waals surface area contributed by atoms with E-state index >= 15 is 0 Å². The molecule has 0 aliphatic carbocycles. The third kappa shape index (κ3) is 2.75. The lowest BCUT2D eigenvalue weighted by atomic mass is 10.0. The predicted molar refractivity (Wildman–Crippen MR) is 89.0 cm³/mol. The average Bonchev–Trinajstić information content (AvgIpc) is 2.84. The number of benzene rings is 2. The van der Waals surface area contributed by atoms with Crippen LogP contribution in [0.3, 0.4) is 0 Å². The van der Waals surface area contributed by atoms with Crippen LogP contribution in [-0.2, 0) is 0 Å². The van der Waals surface area contributed by atoms with Crippen LogP contribution in [0.1, 0.15) is 28.5 Å². The fourth-order valence-corrected chi connectivity index (χ4v) is 3.24. The summed E-state index contributed by atoms with van der Waals surface area (Å²) >= 11 is 3.60. The molecule has 1 unspecified atom stereocenters. The van der Waals surface area contributed by atoms with E-state index in [0.717, 1.165) is 26.8 Å². The molecular formula is C17H17BrN2O. The quantitative estimate of drug-likeness (QED) is 0.548. The number of rotatable bonds is 3. The summed E-state index contributed by atoms with van der Waals surface area (Å²) in [5.41, 5.74) is 7.18. The van der Waals surface area contributed by atoms with Gasteiger partial charge in [0, 0.05) is 9.86 Å². The standard InChI is InChI=1S/C17H17BrN2O/c1-10-4-6-15-12(7-10)9-16(21-15)17(20-19)13-5-3-11(2)8-14(13)18/h3-9,17,20H,19H2,1-2H3. The topological polar surface area (TPSA) is 51.2 Å². The molecule has 3 rings (SSSR count). The third-order valence-electron chi connectivity index (χ3n) is 3.61. The van der Waals surface area contributed by atoms with E-state index in [1.54, 1.807) is 0 Å². The van der Waals surface area contributed by atoms with Gasteiger partial charge in [0.05, 0.1) is 0 Å². The second-order valence-electron chi connectivity index (χ2n) is 5.31. The van der Waals surface area contributed by atoms with Gasteiger partial charge in [0.1, 0.15) is 17.4 Å². The Balaban J connectivity index is 2.09. The number of hydrogen-bond acceptors (Lipinski definition) is 3. The molecule has 1 aromatic heterocycles. The fourth-order valence-electron chi connectivity index (χ4n) is 2.52. The Labute approximate surface area is 132 Å². The minimum Gasteiger partial charge on any atom is -0.459 e. The van der Waals surface area contributed by atoms with Crippen LogP contribution >= 0.6 is 15.9 Å². The summed E-state index contributed by atoms with van der Waals surface area (Å²) in [6, 6.07) is 14.2. The second kappa shape index (κ2) is 5.64. The Bertz CT molecular complexity index is 795. The van der Waals surface area contributed by atoms with E-state index in [9.17, 15) is 0 Å². The lowest BCUT2D eigenvalue weighted by Gasteiger charge is -2.15. The van der Waals surface area contributed by atoms with Crippen molar-refractivity contribution in [2.75, 3.05) is 0 Å². The molecule has 0 radical (unpaired) electrons. The minimum atomic E-state index is -0.187. The van der Waals surface area contributed by atoms with Gasteiger partial charge in [-0.05, 0) is 49.2 Å². The van der Waals surface area contributed by atoms with Crippen LogP contribution < -0.4 is 11.3 Å². The van der Waals surface area contributed by atoms with Gasteiger partial charge in [0.15, 0.2) is 0 Å². The smallest absolute Gasteiger partial charge is 0.134 e. The third-order valence-corrected chi connectivity index (χ3v) is 4.30. The fraction of sp³-hybridized carbons (Fsp3) is 0.176. The summed E-state index contributed by atoms with van der Waals surface area (Å²) in [5, 5.41) is 1.09. The van der Waals surface area contributed by atoms with Crippen LogP contribution in [0.15, 0.2) is 51.4 Å². The van der Waals surface area contributed by atoms with Gasteiger partial charge in [-0.25, -0.2) is 5.43 Å². The maximum atomic E-state index is 5.95. The highest BCUT2D eigenvalue weighted by molar-refractivity contribution is 9.10. The first-order valence-corrected chi connectivity index (χ1v) is 7.60. The summed E-state index contributed by atoms with van der Waals surface area (Å²) in [6.45, 7) is 4.13. The van der Waals surface area contributed by atoms with E-state index in [0.29, 0.717) is 0 Å². The molecule has 1 atom stereocenters. The zero-order chi connectivity index (χ0) is 15.0. The summed E-state index contributed by atoms with van der Waals surface area (Å²) in [6.07, 6.45) is 0. The molecule has 0 saturated carbocycles. The molecule has 0 amide bonds. The highest BCUT2D eigenvalue weighted by atomic mass is 79.9. The van der Waals surface area contributed by atoms with Crippen molar-refractivity contribution in [3.05, 3.63) is 69.4 Å². The second-order valence-corrected chi connectivity index (χ2v) is 6.17. The molecule has 1 heterocycles. The highest BCUT2D eigenvalue weighted by Gasteiger charge is 2.19. The molecule has 0 spiro atoms. The number of aryl methyl sites for hydroxylation is 2. The SMILES string of the molecule is Cc1ccc(C(NN)c2cc3cc(C)ccc3o2)c(Br)c1. The largest absolute Gasteiger partial charge is 0.459 e. The Morgan fingerprint density at radius 1 is 1.05 bits per heavy atom. The van der Waals surface area contributed by atoms with Crippen LogP contribution in [0, 0.1) is 13.8 Å². The van der Waals surface area contributed by atoms with Gasteiger partial charge in [0.25, 0.3) is 0 Å². The van der Waals surface area contributed by atoms with Gasteiger partial charge in [-0.1, -0.05) is 39.7 Å². The number of hydrogen-bond donors (Lipinski definition) is 2. The molecule has 21 heavy (non-hydrogen) atoms. The highest BCUT2D eigenvalue weighted by Crippen LogP contribution is 2.32. The number of hydrazine groups is 1. The molecule has 4 heteroatoms. The summed E-state index contributed by atoms with van der Waals surface area (Å²) in [4.78, 5) is 0. The van der Waals surface area contributed by atoms with Crippen molar-refractivity contribution in [1.82, 2.24) is 5.43 Å². The van der Waals surface area contributed by atoms with Gasteiger partial charge >= 0.3 is 0 Å². The van der Waals surface area contributed by atoms with Crippen LogP contribution in [0.2, 0.25) is 0 Å². The minimum absolute atomic E-state index is 0.187. The van der Waals surface area contributed by atoms with E-state index in [1.807, 2.05) is 18.2 Å². The van der Waals surface area contributed by atoms with E-state index in [-0.39, 0.29) is 6.04 Å². The van der Waals surface area contributed by atoms with E-state index in [2.05, 4.69) is 59.5 Å². The monoisotopic (exact) mass is 344 g/mol. The Morgan fingerprint density at radius 3 is 2.48 bits per heavy atom. The molecule has 108 valence electrons. The Morgan fingerprint density at radius 2 is 1.76 bits per heavy atom. The molecule has 3 nitrogen and oxygen atoms in total. The molecule has 3 aromatic rings. The zero-order valence-electron chi connectivity index (χ0n) is 12.0. The number of nitrogens with two attached hydrogens (primary N) is 1. The zero-order valence-corrected chi connectivity index (χ0v) is 13.6. The Kier molecular flexibility index (Phi) is 3.85. The van der Waals surface area contributed by atoms with Crippen LogP contribution in [-0.4, -0.2) is 0 Å². The molecule has 0 fully saturated rings. The van der Waals surface area contributed by atoms with Gasteiger partial charge in [-0.2, -0.15) is 0 Å². The summed E-state index contributed by atoms with van der Waals surface area (Å²) < 4.78 is 6.97. The molecule has 3 N–H and O–H groups in total. The van der Waals surface area contributed by atoms with Crippen molar-refractivity contribution < 1.29 is 4.42 Å². The number of halogens is 1. The molecule has 0 aliphatic rings. The van der Waals surface area contributed by atoms with Crippen molar-refractivity contribution in [3.8, 4) is 0 Å². The van der Waals surface area contributed by atoms with Crippen molar-refractivity contribution in [2.24, 2.45) is 5.84 Å². The van der Waals surface area contributed by atoms with Gasteiger partial charge in [-0.15, -0.1) is 0 Å². The van der Waals surface area contributed by atoms with Crippen LogP contribution in [0.5, 0.6) is 0 Å². The Hall–Kier alpha value is -1.62. The number of furan rings is 1. The van der Waals surface area contributed by atoms with E-state index in [4.69, 9.17) is 10.3 Å². The normalized spacial score (nSPS) is 12.8. The molecule has 0 aliphatic heterocycles. The van der Waals surface area contributed by atoms with Crippen molar-refractivity contribution >= 4 is 26.9 Å². The van der Waals surface area contributed by atoms with Crippen molar-refractivity contribution in [3.63, 3.8) is 0 Å². The number of nitrogens with one attached hydrogen (secondary N) is 1. The van der Waals surface area contributed by atoms with Crippen molar-refractivity contribution in [2.45, 2.75) is 19.9 Å². The van der Waals surface area contributed by atoms with Gasteiger partial charge in [0.2, 0.25) is 0 Å². The van der Waals surface area contributed by atoms with Crippen molar-refractivity contribution in [1.29, 1.82) is 0 Å². The van der Waals surface area contributed by atoms with Gasteiger partial charge in [-0.3, -0.25) is 5.84 Å². The lowest BCUT2D eigenvalue weighted by Crippen LogP contribution is -2.28. The molecule has 0 saturated heterocycles. The predicted octanol–water partition coefficient (Wildman–Crippen LogP) is 4.36. The maximum absolute atomic E-state index is 5.95. The first-order valence-electron chi connectivity index (χ1n) is 6.81. The first kappa shape index (κ1) is 14.3. The first-order chi connectivity index (χ1) is 10.1. The van der Waals surface area contributed by atoms with Crippen LogP contribution in [0.25, 0.3) is 11.0 Å².